The van der Waals surface area contributed by atoms with Crippen molar-refractivity contribution in [3.05, 3.63) is 23.8 Å². The molecule has 0 aromatic heterocycles. The zero-order chi connectivity index (χ0) is 14.7. The molecule has 2 N–H and O–H groups in total. The van der Waals surface area contributed by atoms with Gasteiger partial charge in [0.2, 0.25) is 0 Å². The number of nitrogens with two attached hydrogens (primary N) is 1. The van der Waals surface area contributed by atoms with Gasteiger partial charge in [-0.1, -0.05) is 18.3 Å². The molecule has 0 bridgehead atoms. The molecule has 1 heterocycles. The van der Waals surface area contributed by atoms with Gasteiger partial charge in [0.15, 0.2) is 0 Å². The first-order chi connectivity index (χ1) is 9.54. The first-order valence-corrected chi connectivity index (χ1v) is 8.56. The van der Waals surface area contributed by atoms with Crippen LogP contribution in [0, 0.1) is 0 Å². The summed E-state index contributed by atoms with van der Waals surface area (Å²) in [5.41, 5.74) is 8.23. The third kappa shape index (κ3) is 3.27. The zero-order valence-electron chi connectivity index (χ0n) is 12.4. The lowest BCUT2D eigenvalue weighted by Crippen LogP contribution is -2.38. The molecule has 1 atom stereocenters. The van der Waals surface area contributed by atoms with Crippen molar-refractivity contribution in [3.8, 4) is 0 Å². The fraction of sp³-hybridized carbons (Fsp3) is 0.533. The van der Waals surface area contributed by atoms with Gasteiger partial charge in [-0.2, -0.15) is 0 Å². The molecule has 1 aromatic carbocycles. The monoisotopic (exact) mass is 309 g/mol. The Labute approximate surface area is 131 Å². The van der Waals surface area contributed by atoms with E-state index in [0.29, 0.717) is 11.0 Å². The minimum absolute atomic E-state index is 0.500. The Morgan fingerprint density at radius 2 is 2.25 bits per heavy atom. The molecule has 20 heavy (non-hydrogen) atoms. The Morgan fingerprint density at radius 3 is 2.85 bits per heavy atom. The fourth-order valence-corrected chi connectivity index (χ4v) is 3.85. The van der Waals surface area contributed by atoms with Crippen LogP contribution in [0.4, 0.5) is 5.69 Å². The van der Waals surface area contributed by atoms with Gasteiger partial charge < -0.3 is 15.5 Å². The van der Waals surface area contributed by atoms with E-state index in [2.05, 4.69) is 48.4 Å². The van der Waals surface area contributed by atoms with Crippen molar-refractivity contribution >= 4 is 34.7 Å². The molecule has 1 aliphatic rings. The highest BCUT2D eigenvalue weighted by Gasteiger charge is 2.27. The van der Waals surface area contributed by atoms with Gasteiger partial charge in [-0.05, 0) is 45.3 Å². The maximum Gasteiger partial charge on any atom is 0.107 e. The van der Waals surface area contributed by atoms with E-state index < -0.39 is 0 Å². The van der Waals surface area contributed by atoms with Crippen LogP contribution < -0.4 is 10.6 Å². The number of hydrogen-bond acceptors (Lipinski definition) is 4. The number of anilines is 1. The van der Waals surface area contributed by atoms with Gasteiger partial charge in [-0.15, -0.1) is 11.8 Å². The van der Waals surface area contributed by atoms with E-state index in [4.69, 9.17) is 18.0 Å². The number of benzene rings is 1. The van der Waals surface area contributed by atoms with Crippen LogP contribution in [0.2, 0.25) is 0 Å². The summed E-state index contributed by atoms with van der Waals surface area (Å²) in [6.45, 7) is 2.16. The molecule has 1 saturated heterocycles. The molecule has 3 nitrogen and oxygen atoms in total. The van der Waals surface area contributed by atoms with E-state index in [1.54, 1.807) is 11.8 Å². The van der Waals surface area contributed by atoms with Gasteiger partial charge in [0.1, 0.15) is 4.99 Å². The number of nitrogens with zero attached hydrogens (tertiary/aromatic N) is 2. The molecular formula is C15H23N3S2. The summed E-state index contributed by atoms with van der Waals surface area (Å²) >= 11 is 7.00. The number of hydrogen-bond donors (Lipinski definition) is 1. The molecule has 5 heteroatoms. The molecule has 1 aliphatic heterocycles. The summed E-state index contributed by atoms with van der Waals surface area (Å²) < 4.78 is 0. The Kier molecular flexibility index (Phi) is 5.29. The van der Waals surface area contributed by atoms with Gasteiger partial charge in [0.05, 0.1) is 0 Å². The van der Waals surface area contributed by atoms with Gasteiger partial charge in [0, 0.05) is 35.3 Å². The van der Waals surface area contributed by atoms with Crippen LogP contribution in [-0.2, 0) is 0 Å². The minimum Gasteiger partial charge on any atom is -0.389 e. The third-order valence-electron chi connectivity index (χ3n) is 3.73. The number of thioether (sulfide) groups is 1. The second-order valence-electron chi connectivity index (χ2n) is 5.47. The largest absolute Gasteiger partial charge is 0.389 e. The van der Waals surface area contributed by atoms with Crippen LogP contribution in [0.25, 0.3) is 0 Å². The molecular weight excluding hydrogens is 286 g/mol. The Bertz CT molecular complexity index is 488. The van der Waals surface area contributed by atoms with Crippen molar-refractivity contribution in [2.45, 2.75) is 23.8 Å². The van der Waals surface area contributed by atoms with Crippen molar-refractivity contribution in [1.29, 1.82) is 0 Å². The lowest BCUT2D eigenvalue weighted by atomic mass is 10.1. The molecule has 110 valence electrons. The van der Waals surface area contributed by atoms with Crippen LogP contribution >= 0.6 is 24.0 Å². The predicted molar refractivity (Wildman–Crippen MR) is 93.0 cm³/mol. The Hall–Kier alpha value is -0.780. The molecule has 1 fully saturated rings. The molecule has 0 saturated carbocycles. The molecule has 0 spiro atoms. The average molecular weight is 310 g/mol. The summed E-state index contributed by atoms with van der Waals surface area (Å²) in [5, 5.41) is 0. The van der Waals surface area contributed by atoms with E-state index in [-0.39, 0.29) is 0 Å². The maximum absolute atomic E-state index is 5.99. The third-order valence-corrected chi connectivity index (χ3v) is 4.72. The maximum atomic E-state index is 5.99. The van der Waals surface area contributed by atoms with E-state index in [1.165, 1.54) is 23.4 Å². The number of rotatable bonds is 5. The van der Waals surface area contributed by atoms with E-state index >= 15 is 0 Å². The predicted octanol–water partition coefficient (Wildman–Crippen LogP) is 2.57. The van der Waals surface area contributed by atoms with E-state index in [9.17, 15) is 0 Å². The molecule has 1 unspecified atom stereocenters. The van der Waals surface area contributed by atoms with Crippen molar-refractivity contribution in [3.63, 3.8) is 0 Å². The second kappa shape index (κ2) is 6.78. The summed E-state index contributed by atoms with van der Waals surface area (Å²) in [7, 11) is 4.26. The minimum atomic E-state index is 0.500. The fourth-order valence-electron chi connectivity index (χ4n) is 2.94. The summed E-state index contributed by atoms with van der Waals surface area (Å²) in [5.74, 6) is 0. The zero-order valence-corrected chi connectivity index (χ0v) is 14.1. The molecule has 2 rings (SSSR count). The number of thiocarbonyl (C=S) groups is 1. The van der Waals surface area contributed by atoms with Crippen molar-refractivity contribution in [2.24, 2.45) is 5.73 Å². The van der Waals surface area contributed by atoms with Crippen molar-refractivity contribution in [1.82, 2.24) is 4.90 Å². The number of likely N-dealkylation sites (N-methyl/N-ethyl adjacent to an activating group) is 1. The van der Waals surface area contributed by atoms with E-state index in [0.717, 1.165) is 18.7 Å². The second-order valence-corrected chi connectivity index (χ2v) is 6.76. The smallest absolute Gasteiger partial charge is 0.107 e. The quantitative estimate of drug-likeness (QED) is 0.668. The van der Waals surface area contributed by atoms with Crippen LogP contribution in [0.15, 0.2) is 23.1 Å². The highest BCUT2D eigenvalue weighted by Crippen LogP contribution is 2.34. The molecule has 0 aliphatic carbocycles. The molecule has 0 radical (unpaired) electrons. The highest BCUT2D eigenvalue weighted by atomic mass is 32.2. The topological polar surface area (TPSA) is 32.5 Å². The normalized spacial score (nSPS) is 18.8. The van der Waals surface area contributed by atoms with Crippen LogP contribution in [0.1, 0.15) is 18.4 Å². The van der Waals surface area contributed by atoms with Gasteiger partial charge >= 0.3 is 0 Å². The van der Waals surface area contributed by atoms with Gasteiger partial charge in [-0.3, -0.25) is 0 Å². The van der Waals surface area contributed by atoms with E-state index in [1.807, 2.05) is 0 Å². The van der Waals surface area contributed by atoms with Gasteiger partial charge in [-0.25, -0.2) is 0 Å². The first-order valence-electron chi connectivity index (χ1n) is 6.92. The van der Waals surface area contributed by atoms with Crippen molar-refractivity contribution < 1.29 is 0 Å². The first kappa shape index (κ1) is 15.6. The lowest BCUT2D eigenvalue weighted by molar-refractivity contribution is 0.372. The highest BCUT2D eigenvalue weighted by molar-refractivity contribution is 7.98. The summed E-state index contributed by atoms with van der Waals surface area (Å²) in [4.78, 5) is 6.40. The van der Waals surface area contributed by atoms with Crippen molar-refractivity contribution in [2.75, 3.05) is 38.3 Å². The van der Waals surface area contributed by atoms with Crippen LogP contribution in [0.5, 0.6) is 0 Å². The molecule has 1 aromatic rings. The summed E-state index contributed by atoms with van der Waals surface area (Å²) in [6, 6.07) is 6.91. The van der Waals surface area contributed by atoms with Crippen LogP contribution in [0.3, 0.4) is 0 Å². The Morgan fingerprint density at radius 1 is 1.50 bits per heavy atom. The Balaban J connectivity index is 2.38. The lowest BCUT2D eigenvalue weighted by Gasteiger charge is -2.31. The standard InChI is InChI=1S/C15H23N3S2/c1-17(2)10-11-6-5-9-18(11)12-7-4-8-13(20-3)14(12)15(16)19/h4,7-8,11H,5-6,9-10H2,1-3H3,(H2,16,19). The van der Waals surface area contributed by atoms with Gasteiger partial charge in [0.25, 0.3) is 0 Å². The van der Waals surface area contributed by atoms with Crippen LogP contribution in [-0.4, -0.2) is 49.4 Å². The molecule has 0 amide bonds. The SMILES string of the molecule is CSc1cccc(N2CCCC2CN(C)C)c1C(N)=S. The average Bonchev–Trinajstić information content (AvgIpc) is 2.84. The summed E-state index contributed by atoms with van der Waals surface area (Å²) in [6.07, 6.45) is 4.54.